The molecule has 0 spiro atoms. The number of hydrogen-bond donors (Lipinski definition) is 0. The first kappa shape index (κ1) is 18.9. The fourth-order valence-electron chi connectivity index (χ4n) is 2.88. The lowest BCUT2D eigenvalue weighted by Crippen LogP contribution is -2.48. The highest BCUT2D eigenvalue weighted by Crippen LogP contribution is 2.33. The van der Waals surface area contributed by atoms with Crippen molar-refractivity contribution in [3.63, 3.8) is 0 Å². The Morgan fingerprint density at radius 3 is 2.27 bits per heavy atom. The fourth-order valence-corrected chi connectivity index (χ4v) is 5.04. The number of nitro groups is 1. The Bertz CT molecular complexity index is 944. The van der Waals surface area contributed by atoms with Crippen LogP contribution in [-0.2, 0) is 10.0 Å². The lowest BCUT2D eigenvalue weighted by atomic mass is 10.2. The van der Waals surface area contributed by atoms with Crippen LogP contribution in [-0.4, -0.2) is 43.8 Å². The topological polar surface area (TPSA) is 83.8 Å². The number of halogens is 2. The molecule has 0 amide bonds. The molecule has 1 saturated heterocycles. The van der Waals surface area contributed by atoms with Gasteiger partial charge in [0.05, 0.1) is 15.0 Å². The molecule has 0 aromatic heterocycles. The Labute approximate surface area is 160 Å². The average molecular weight is 416 g/mol. The smallest absolute Gasteiger partial charge is 0.292 e. The Hall–Kier alpha value is -1.87. The van der Waals surface area contributed by atoms with Crippen LogP contribution in [0.1, 0.15) is 0 Å². The molecule has 138 valence electrons. The molecule has 7 nitrogen and oxygen atoms in total. The van der Waals surface area contributed by atoms with E-state index in [2.05, 4.69) is 0 Å². The largest absolute Gasteiger partial charge is 0.363 e. The van der Waals surface area contributed by atoms with Crippen molar-refractivity contribution in [2.24, 2.45) is 0 Å². The van der Waals surface area contributed by atoms with Crippen molar-refractivity contribution < 1.29 is 13.3 Å². The minimum atomic E-state index is -3.79. The van der Waals surface area contributed by atoms with Crippen LogP contribution in [0.3, 0.4) is 0 Å². The van der Waals surface area contributed by atoms with Crippen LogP contribution < -0.4 is 4.90 Å². The zero-order valence-corrected chi connectivity index (χ0v) is 15.8. The molecule has 26 heavy (non-hydrogen) atoms. The summed E-state index contributed by atoms with van der Waals surface area (Å²) in [6, 6.07) is 10.9. The molecule has 0 saturated carbocycles. The quantitative estimate of drug-likeness (QED) is 0.564. The first-order valence-electron chi connectivity index (χ1n) is 7.75. The van der Waals surface area contributed by atoms with E-state index >= 15 is 0 Å². The van der Waals surface area contributed by atoms with Gasteiger partial charge in [0, 0.05) is 32.2 Å². The molecule has 1 aliphatic heterocycles. The van der Waals surface area contributed by atoms with Gasteiger partial charge in [-0.25, -0.2) is 8.42 Å². The van der Waals surface area contributed by atoms with E-state index in [0.717, 1.165) is 0 Å². The number of para-hydroxylation sites is 2. The molecule has 1 heterocycles. The predicted octanol–water partition coefficient (Wildman–Crippen LogP) is 3.41. The Kier molecular flexibility index (Phi) is 5.38. The van der Waals surface area contributed by atoms with Crippen molar-refractivity contribution in [2.45, 2.75) is 4.90 Å². The molecular weight excluding hydrogens is 401 g/mol. The van der Waals surface area contributed by atoms with Gasteiger partial charge in [0.15, 0.2) is 0 Å². The summed E-state index contributed by atoms with van der Waals surface area (Å²) in [4.78, 5) is 12.5. The first-order chi connectivity index (χ1) is 12.3. The molecule has 0 radical (unpaired) electrons. The third kappa shape index (κ3) is 3.50. The van der Waals surface area contributed by atoms with Crippen LogP contribution in [0.4, 0.5) is 11.4 Å². The standard InChI is InChI=1S/C16H15Cl2N3O4S/c17-12-4-3-7-15(16(12)18)26(24,25)20-10-8-19(9-11-20)13-5-1-2-6-14(13)21(22)23/h1-7H,8-11H2. The number of piperazine rings is 1. The van der Waals surface area contributed by atoms with Gasteiger partial charge < -0.3 is 4.90 Å². The Morgan fingerprint density at radius 2 is 1.62 bits per heavy atom. The summed E-state index contributed by atoms with van der Waals surface area (Å²) < 4.78 is 27.0. The van der Waals surface area contributed by atoms with Crippen molar-refractivity contribution in [1.29, 1.82) is 0 Å². The van der Waals surface area contributed by atoms with Crippen LogP contribution in [0, 0.1) is 10.1 Å². The van der Waals surface area contributed by atoms with Crippen molar-refractivity contribution in [3.8, 4) is 0 Å². The van der Waals surface area contributed by atoms with E-state index in [9.17, 15) is 18.5 Å². The number of benzene rings is 2. The number of anilines is 1. The van der Waals surface area contributed by atoms with Gasteiger partial charge in [0.2, 0.25) is 10.0 Å². The van der Waals surface area contributed by atoms with Crippen molar-refractivity contribution in [2.75, 3.05) is 31.1 Å². The van der Waals surface area contributed by atoms with E-state index in [1.54, 1.807) is 18.2 Å². The molecule has 0 atom stereocenters. The van der Waals surface area contributed by atoms with Gasteiger partial charge in [-0.1, -0.05) is 41.4 Å². The molecule has 3 rings (SSSR count). The summed E-state index contributed by atoms with van der Waals surface area (Å²) in [5, 5.41) is 11.4. The summed E-state index contributed by atoms with van der Waals surface area (Å²) >= 11 is 12.0. The van der Waals surface area contributed by atoms with Crippen LogP contribution in [0.5, 0.6) is 0 Å². The minimum Gasteiger partial charge on any atom is -0.363 e. The zero-order chi connectivity index (χ0) is 18.9. The molecule has 10 heteroatoms. The molecule has 0 bridgehead atoms. The number of rotatable bonds is 4. The van der Waals surface area contributed by atoms with Crippen molar-refractivity contribution >= 4 is 44.6 Å². The van der Waals surface area contributed by atoms with Crippen LogP contribution in [0.25, 0.3) is 0 Å². The number of nitro benzene ring substituents is 1. The summed E-state index contributed by atoms with van der Waals surface area (Å²) in [5.74, 6) is 0. The van der Waals surface area contributed by atoms with E-state index in [0.29, 0.717) is 18.8 Å². The van der Waals surface area contributed by atoms with Gasteiger partial charge in [-0.2, -0.15) is 4.31 Å². The van der Waals surface area contributed by atoms with Gasteiger partial charge in [0.25, 0.3) is 5.69 Å². The highest BCUT2D eigenvalue weighted by atomic mass is 35.5. The van der Waals surface area contributed by atoms with Gasteiger partial charge in [-0.05, 0) is 18.2 Å². The van der Waals surface area contributed by atoms with Gasteiger partial charge in [0.1, 0.15) is 10.6 Å². The predicted molar refractivity (Wildman–Crippen MR) is 101 cm³/mol. The maximum absolute atomic E-state index is 12.8. The monoisotopic (exact) mass is 415 g/mol. The normalized spacial score (nSPS) is 15.8. The summed E-state index contributed by atoms with van der Waals surface area (Å²) in [6.45, 7) is 1.05. The lowest BCUT2D eigenvalue weighted by molar-refractivity contribution is -0.384. The summed E-state index contributed by atoms with van der Waals surface area (Å²) in [5.41, 5.74) is 0.483. The molecule has 2 aromatic rings. The van der Waals surface area contributed by atoms with E-state index in [1.807, 2.05) is 4.90 Å². The highest BCUT2D eigenvalue weighted by molar-refractivity contribution is 7.89. The molecule has 1 fully saturated rings. The molecule has 0 aliphatic carbocycles. The van der Waals surface area contributed by atoms with Gasteiger partial charge in [-0.3, -0.25) is 10.1 Å². The Morgan fingerprint density at radius 1 is 0.962 bits per heavy atom. The SMILES string of the molecule is O=[N+]([O-])c1ccccc1N1CCN(S(=O)(=O)c2cccc(Cl)c2Cl)CC1. The van der Waals surface area contributed by atoms with Gasteiger partial charge >= 0.3 is 0 Å². The number of hydrogen-bond acceptors (Lipinski definition) is 5. The van der Waals surface area contributed by atoms with Crippen LogP contribution in [0.2, 0.25) is 10.0 Å². The third-order valence-corrected chi connectivity index (χ3v) is 7.06. The molecule has 0 N–H and O–H groups in total. The fraction of sp³-hybridized carbons (Fsp3) is 0.250. The second kappa shape index (κ2) is 7.40. The molecule has 1 aliphatic rings. The molecular formula is C16H15Cl2N3O4S. The lowest BCUT2D eigenvalue weighted by Gasteiger charge is -2.35. The maximum atomic E-state index is 12.8. The number of nitrogens with zero attached hydrogens (tertiary/aromatic N) is 3. The molecule has 2 aromatic carbocycles. The van der Waals surface area contributed by atoms with E-state index in [4.69, 9.17) is 23.2 Å². The minimum absolute atomic E-state index is 0.00157. The van der Waals surface area contributed by atoms with Crippen molar-refractivity contribution in [3.05, 3.63) is 62.6 Å². The van der Waals surface area contributed by atoms with Crippen LogP contribution >= 0.6 is 23.2 Å². The zero-order valence-electron chi connectivity index (χ0n) is 13.5. The second-order valence-electron chi connectivity index (χ2n) is 5.69. The number of sulfonamides is 1. The van der Waals surface area contributed by atoms with E-state index in [-0.39, 0.29) is 33.7 Å². The van der Waals surface area contributed by atoms with Crippen molar-refractivity contribution in [1.82, 2.24) is 4.31 Å². The van der Waals surface area contributed by atoms with E-state index in [1.165, 1.54) is 28.6 Å². The van der Waals surface area contributed by atoms with Crippen LogP contribution in [0.15, 0.2) is 47.4 Å². The highest BCUT2D eigenvalue weighted by Gasteiger charge is 2.32. The first-order valence-corrected chi connectivity index (χ1v) is 9.94. The molecule has 0 unspecified atom stereocenters. The summed E-state index contributed by atoms with van der Waals surface area (Å²) in [6.07, 6.45) is 0. The third-order valence-electron chi connectivity index (χ3n) is 4.19. The second-order valence-corrected chi connectivity index (χ2v) is 8.38. The van der Waals surface area contributed by atoms with Gasteiger partial charge in [-0.15, -0.1) is 0 Å². The average Bonchev–Trinajstić information content (AvgIpc) is 2.64. The Balaban J connectivity index is 1.81. The summed E-state index contributed by atoms with van der Waals surface area (Å²) in [7, 11) is -3.79. The van der Waals surface area contributed by atoms with E-state index < -0.39 is 14.9 Å². The maximum Gasteiger partial charge on any atom is 0.292 e.